The average Bonchev–Trinajstić information content (AvgIpc) is 3.01. The monoisotopic (exact) mass is 299 g/mol. The van der Waals surface area contributed by atoms with Crippen molar-refractivity contribution >= 4 is 5.78 Å². The van der Waals surface area contributed by atoms with Crippen LogP contribution in [0.5, 0.6) is 0 Å². The minimum Gasteiger partial charge on any atom is -0.316 e. The van der Waals surface area contributed by atoms with E-state index < -0.39 is 5.82 Å². The van der Waals surface area contributed by atoms with E-state index in [1.807, 2.05) is 0 Å². The molecule has 1 atom stereocenters. The molecule has 1 aliphatic rings. The van der Waals surface area contributed by atoms with Gasteiger partial charge >= 0.3 is 0 Å². The first-order chi connectivity index (χ1) is 10.7. The third kappa shape index (κ3) is 3.54. The molecule has 114 valence electrons. The quantitative estimate of drug-likeness (QED) is 0.861. The number of ketones is 1. The Balaban J connectivity index is 1.70. The summed E-state index contributed by atoms with van der Waals surface area (Å²) in [4.78, 5) is 20.4. The van der Waals surface area contributed by atoms with Crippen LogP contribution in [0.1, 0.15) is 34.6 Å². The summed E-state index contributed by atoms with van der Waals surface area (Å²) in [5.41, 5.74) is 0.951. The van der Waals surface area contributed by atoms with Gasteiger partial charge < -0.3 is 5.32 Å². The van der Waals surface area contributed by atoms with Crippen LogP contribution in [0.25, 0.3) is 0 Å². The van der Waals surface area contributed by atoms with Gasteiger partial charge in [0.2, 0.25) is 0 Å². The van der Waals surface area contributed by atoms with Crippen molar-refractivity contribution in [3.8, 4) is 0 Å². The van der Waals surface area contributed by atoms with Crippen LogP contribution in [0, 0.1) is 11.7 Å². The molecule has 1 aliphatic heterocycles. The van der Waals surface area contributed by atoms with Crippen molar-refractivity contribution in [3.05, 3.63) is 59.4 Å². The molecule has 2 heterocycles. The molecular weight excluding hydrogens is 281 g/mol. The number of benzene rings is 1. The summed E-state index contributed by atoms with van der Waals surface area (Å²) in [6.45, 7) is 1.78. The molecule has 1 aromatic heterocycles. The molecule has 0 bridgehead atoms. The Kier molecular flexibility index (Phi) is 4.53. The first kappa shape index (κ1) is 14.8. The fraction of sp³-hybridized carbons (Fsp3) is 0.353. The first-order valence-corrected chi connectivity index (χ1v) is 7.50. The van der Waals surface area contributed by atoms with Crippen molar-refractivity contribution < 1.29 is 9.18 Å². The van der Waals surface area contributed by atoms with Gasteiger partial charge in [-0.3, -0.25) is 4.79 Å². The Morgan fingerprint density at radius 3 is 2.82 bits per heavy atom. The van der Waals surface area contributed by atoms with Crippen LogP contribution in [0.3, 0.4) is 0 Å². The molecule has 1 saturated heterocycles. The fourth-order valence-corrected chi connectivity index (χ4v) is 2.76. The summed E-state index contributed by atoms with van der Waals surface area (Å²) in [6.07, 6.45) is 5.17. The molecule has 0 radical (unpaired) electrons. The van der Waals surface area contributed by atoms with Crippen molar-refractivity contribution in [2.24, 2.45) is 5.92 Å². The molecule has 0 unspecified atom stereocenters. The lowest BCUT2D eigenvalue weighted by molar-refractivity contribution is 0.0960. The minimum absolute atomic E-state index is 0.117. The highest BCUT2D eigenvalue weighted by Gasteiger charge is 2.21. The Morgan fingerprint density at radius 2 is 2.14 bits per heavy atom. The third-order valence-electron chi connectivity index (χ3n) is 3.95. The van der Waals surface area contributed by atoms with Gasteiger partial charge in [0.25, 0.3) is 0 Å². The van der Waals surface area contributed by atoms with Gasteiger partial charge in [-0.2, -0.15) is 0 Å². The van der Waals surface area contributed by atoms with Gasteiger partial charge in [0.15, 0.2) is 5.78 Å². The number of nitrogens with one attached hydrogen (secondary N) is 1. The summed E-state index contributed by atoms with van der Waals surface area (Å²) < 4.78 is 14.2. The molecule has 3 rings (SSSR count). The zero-order valence-electron chi connectivity index (χ0n) is 12.3. The third-order valence-corrected chi connectivity index (χ3v) is 3.95. The summed E-state index contributed by atoms with van der Waals surface area (Å²) in [6, 6.07) is 6.51. The molecule has 5 heteroatoms. The van der Waals surface area contributed by atoms with E-state index in [0.29, 0.717) is 24.6 Å². The molecule has 0 aliphatic carbocycles. The van der Waals surface area contributed by atoms with Crippen molar-refractivity contribution in [3.63, 3.8) is 0 Å². The highest BCUT2D eigenvalue weighted by molar-refractivity contribution is 5.96. The van der Waals surface area contributed by atoms with Gasteiger partial charge in [0, 0.05) is 25.2 Å². The molecule has 0 spiro atoms. The highest BCUT2D eigenvalue weighted by atomic mass is 19.1. The van der Waals surface area contributed by atoms with Gasteiger partial charge in [-0.1, -0.05) is 6.07 Å². The maximum absolute atomic E-state index is 14.2. The molecule has 2 aromatic rings. The lowest BCUT2D eigenvalue weighted by Gasteiger charge is -2.09. The standard InChI is InChI=1S/C17H18FN3O/c18-15-8-12(10-17-20-5-1-6-21-17)2-3-14(15)16(22)9-13-4-7-19-11-13/h1-3,5-6,8,13,19H,4,7,9-11H2/t13-/m0/s1. The lowest BCUT2D eigenvalue weighted by atomic mass is 9.96. The molecule has 4 nitrogen and oxygen atoms in total. The second-order valence-electron chi connectivity index (χ2n) is 5.64. The largest absolute Gasteiger partial charge is 0.316 e. The van der Waals surface area contributed by atoms with Crippen LogP contribution < -0.4 is 5.32 Å². The Hall–Kier alpha value is -2.14. The van der Waals surface area contributed by atoms with Gasteiger partial charge in [-0.05, 0) is 49.2 Å². The summed E-state index contributed by atoms with van der Waals surface area (Å²) in [7, 11) is 0. The van der Waals surface area contributed by atoms with Gasteiger partial charge in [-0.25, -0.2) is 14.4 Å². The van der Waals surface area contributed by atoms with Crippen molar-refractivity contribution in [2.45, 2.75) is 19.3 Å². The number of nitrogens with zero attached hydrogens (tertiary/aromatic N) is 2. The summed E-state index contributed by atoms with van der Waals surface area (Å²) in [5, 5.41) is 3.22. The maximum atomic E-state index is 14.2. The van der Waals surface area contributed by atoms with Gasteiger partial charge in [0.05, 0.1) is 5.56 Å². The van der Waals surface area contributed by atoms with E-state index in [1.165, 1.54) is 6.07 Å². The molecule has 1 N–H and O–H groups in total. The van der Waals surface area contributed by atoms with E-state index in [1.54, 1.807) is 30.6 Å². The van der Waals surface area contributed by atoms with Crippen LogP contribution in [-0.4, -0.2) is 28.8 Å². The molecule has 0 amide bonds. The van der Waals surface area contributed by atoms with E-state index in [4.69, 9.17) is 0 Å². The molecular formula is C17H18FN3O. The van der Waals surface area contributed by atoms with E-state index in [9.17, 15) is 9.18 Å². The highest BCUT2D eigenvalue weighted by Crippen LogP contribution is 2.19. The second-order valence-corrected chi connectivity index (χ2v) is 5.64. The smallest absolute Gasteiger partial charge is 0.166 e. The van der Waals surface area contributed by atoms with Crippen LogP contribution in [0.2, 0.25) is 0 Å². The fourth-order valence-electron chi connectivity index (χ4n) is 2.76. The molecule has 22 heavy (non-hydrogen) atoms. The normalized spacial score (nSPS) is 17.6. The van der Waals surface area contributed by atoms with E-state index in [-0.39, 0.29) is 11.3 Å². The zero-order chi connectivity index (χ0) is 15.4. The van der Waals surface area contributed by atoms with Crippen LogP contribution in [0.15, 0.2) is 36.7 Å². The molecule has 1 aromatic carbocycles. The summed E-state index contributed by atoms with van der Waals surface area (Å²) in [5.74, 6) is 0.389. The van der Waals surface area contributed by atoms with Gasteiger partial charge in [-0.15, -0.1) is 0 Å². The number of aromatic nitrogens is 2. The van der Waals surface area contributed by atoms with E-state index in [2.05, 4.69) is 15.3 Å². The van der Waals surface area contributed by atoms with Gasteiger partial charge in [0.1, 0.15) is 11.6 Å². The number of hydrogen-bond acceptors (Lipinski definition) is 4. The lowest BCUT2D eigenvalue weighted by Crippen LogP contribution is -2.14. The number of rotatable bonds is 5. The number of carbonyl (C=O) groups is 1. The first-order valence-electron chi connectivity index (χ1n) is 7.50. The predicted octanol–water partition coefficient (Wildman–Crippen LogP) is 2.39. The van der Waals surface area contributed by atoms with Crippen molar-refractivity contribution in [1.29, 1.82) is 0 Å². The van der Waals surface area contributed by atoms with Crippen LogP contribution in [0.4, 0.5) is 4.39 Å². The van der Waals surface area contributed by atoms with Crippen LogP contribution >= 0.6 is 0 Å². The topological polar surface area (TPSA) is 54.9 Å². The number of carbonyl (C=O) groups excluding carboxylic acids is 1. The SMILES string of the molecule is O=C(C[C@@H]1CCNC1)c1ccc(Cc2ncccn2)cc1F. The zero-order valence-corrected chi connectivity index (χ0v) is 12.3. The number of Topliss-reactive ketones (excluding diaryl/α,β-unsaturated/α-hetero) is 1. The molecule has 1 fully saturated rings. The second kappa shape index (κ2) is 6.75. The minimum atomic E-state index is -0.454. The Labute approximate surface area is 128 Å². The van der Waals surface area contributed by atoms with E-state index >= 15 is 0 Å². The van der Waals surface area contributed by atoms with Crippen molar-refractivity contribution in [2.75, 3.05) is 13.1 Å². The number of hydrogen-bond donors (Lipinski definition) is 1. The Morgan fingerprint density at radius 1 is 1.32 bits per heavy atom. The summed E-state index contributed by atoms with van der Waals surface area (Å²) >= 11 is 0. The average molecular weight is 299 g/mol. The predicted molar refractivity (Wildman–Crippen MR) is 81.2 cm³/mol. The Bertz CT molecular complexity index is 654. The number of halogens is 1. The maximum Gasteiger partial charge on any atom is 0.166 e. The molecule has 0 saturated carbocycles. The van der Waals surface area contributed by atoms with E-state index in [0.717, 1.165) is 25.1 Å². The van der Waals surface area contributed by atoms with Crippen molar-refractivity contribution in [1.82, 2.24) is 15.3 Å². The van der Waals surface area contributed by atoms with Crippen LogP contribution in [-0.2, 0) is 6.42 Å².